The van der Waals surface area contributed by atoms with Crippen LogP contribution in [0.2, 0.25) is 0 Å². The number of likely N-dealkylation sites (tertiary alicyclic amines) is 1. The lowest BCUT2D eigenvalue weighted by atomic mass is 10.1. The molecule has 1 fully saturated rings. The molecule has 164 valence electrons. The fraction of sp³-hybridized carbons (Fsp3) is 0.333. The zero-order valence-corrected chi connectivity index (χ0v) is 19.2. The third-order valence-corrected chi connectivity index (χ3v) is 6.22. The van der Waals surface area contributed by atoms with Gasteiger partial charge in [0.1, 0.15) is 29.8 Å². The Bertz CT molecular complexity index is 1180. The molecular weight excluding hydrogens is 431 g/mol. The lowest BCUT2D eigenvalue weighted by Gasteiger charge is -2.22. The van der Waals surface area contributed by atoms with E-state index >= 15 is 0 Å². The maximum absolute atomic E-state index is 12.7. The van der Waals surface area contributed by atoms with Crippen molar-refractivity contribution in [1.29, 1.82) is 0 Å². The number of quaternary nitrogens is 1. The number of aromatic nitrogens is 3. The molecule has 4 aromatic rings. The predicted octanol–water partition coefficient (Wildman–Crippen LogP) is -3.35. The molecule has 5 rings (SSSR count). The van der Waals surface area contributed by atoms with Crippen LogP contribution in [-0.4, -0.2) is 34.8 Å². The molecule has 0 spiro atoms. The van der Waals surface area contributed by atoms with Crippen molar-refractivity contribution in [1.82, 2.24) is 9.38 Å². The van der Waals surface area contributed by atoms with Crippen molar-refractivity contribution in [2.45, 2.75) is 32.7 Å². The second kappa shape index (κ2) is 9.86. The number of nitrogens with one attached hydrogen (secondary N) is 2. The maximum Gasteiger partial charge on any atom is 0.369 e. The van der Waals surface area contributed by atoms with E-state index in [4.69, 9.17) is 0 Å². The summed E-state index contributed by atoms with van der Waals surface area (Å²) in [5, 5.41) is 0. The molecule has 2 N–H and O–H groups in total. The third-order valence-electron chi connectivity index (χ3n) is 6.22. The molecule has 2 aromatic heterocycles. The average Bonchev–Trinajstić information content (AvgIpc) is 3.29. The van der Waals surface area contributed by atoms with Gasteiger partial charge >= 0.3 is 5.78 Å². The van der Waals surface area contributed by atoms with Gasteiger partial charge in [-0.15, -0.1) is 0 Å². The van der Waals surface area contributed by atoms with Gasteiger partial charge in [0.2, 0.25) is 0 Å². The van der Waals surface area contributed by atoms with Crippen molar-refractivity contribution in [2.24, 2.45) is 0 Å². The number of rotatable bonds is 5. The summed E-state index contributed by atoms with van der Waals surface area (Å²) in [6.07, 6.45) is 4.04. The van der Waals surface area contributed by atoms with Gasteiger partial charge in [-0.1, -0.05) is 42.5 Å². The van der Waals surface area contributed by atoms with Crippen molar-refractivity contribution in [2.75, 3.05) is 19.6 Å². The number of imidazole rings is 2. The Morgan fingerprint density at radius 2 is 1.68 bits per heavy atom. The van der Waals surface area contributed by atoms with Crippen molar-refractivity contribution >= 4 is 22.6 Å². The molecule has 2 aromatic carbocycles. The predicted molar refractivity (Wildman–Crippen MR) is 114 cm³/mol. The minimum atomic E-state index is 0. The summed E-state index contributed by atoms with van der Waals surface area (Å²) >= 11 is 0. The van der Waals surface area contributed by atoms with Gasteiger partial charge in [0, 0.05) is 12.5 Å². The van der Waals surface area contributed by atoms with Crippen molar-refractivity contribution in [3.05, 3.63) is 60.3 Å². The van der Waals surface area contributed by atoms with E-state index in [-0.39, 0.29) is 30.6 Å². The number of fused-ring (bicyclic) bond motifs is 3. The molecule has 31 heavy (non-hydrogen) atoms. The van der Waals surface area contributed by atoms with Gasteiger partial charge in [0.25, 0.3) is 0 Å². The molecule has 0 atom stereocenters. The highest BCUT2D eigenvalue weighted by molar-refractivity contribution is 6.01. The number of carbonyl (C=O) groups is 1. The number of ketones is 1. The SMILES string of the molecule is CC(=O)c1c(-c2ccccc2)[nH]c2n1c1ccccc1[n+]2CC[NH+]1CCCCC1.[Cl-].[Cl-]. The van der Waals surface area contributed by atoms with Crippen LogP contribution in [0.3, 0.4) is 0 Å². The lowest BCUT2D eigenvalue weighted by Crippen LogP contribution is -3.13. The number of carbonyl (C=O) groups excluding carboxylic acids is 1. The van der Waals surface area contributed by atoms with Crippen LogP contribution in [0.4, 0.5) is 0 Å². The van der Waals surface area contributed by atoms with E-state index < -0.39 is 0 Å². The van der Waals surface area contributed by atoms with Crippen LogP contribution >= 0.6 is 0 Å². The van der Waals surface area contributed by atoms with Crippen molar-refractivity contribution in [3.8, 4) is 11.3 Å². The number of para-hydroxylation sites is 2. The Hall–Kier alpha value is -2.34. The topological polar surface area (TPSA) is 45.6 Å². The van der Waals surface area contributed by atoms with Crippen LogP contribution in [0, 0.1) is 0 Å². The molecular formula is C24H28Cl2N4O. The van der Waals surface area contributed by atoms with E-state index in [1.807, 2.05) is 24.3 Å². The normalized spacial score (nSPS) is 14.4. The smallest absolute Gasteiger partial charge is 0.369 e. The number of H-pyrrole nitrogens is 1. The van der Waals surface area contributed by atoms with Crippen LogP contribution < -0.4 is 34.3 Å². The first-order valence-corrected chi connectivity index (χ1v) is 10.7. The number of hydrogen-bond donors (Lipinski definition) is 2. The second-order valence-electron chi connectivity index (χ2n) is 8.13. The summed E-state index contributed by atoms with van der Waals surface area (Å²) in [6.45, 7) is 6.26. The molecule has 0 amide bonds. The summed E-state index contributed by atoms with van der Waals surface area (Å²) in [7, 11) is 0. The zero-order valence-electron chi connectivity index (χ0n) is 17.7. The number of nitrogens with zero attached hydrogens (tertiary/aromatic N) is 2. The maximum atomic E-state index is 12.7. The first-order valence-electron chi connectivity index (χ1n) is 10.7. The summed E-state index contributed by atoms with van der Waals surface area (Å²) in [5.74, 6) is 1.07. The van der Waals surface area contributed by atoms with Crippen LogP contribution in [0.1, 0.15) is 36.7 Å². The highest BCUT2D eigenvalue weighted by Crippen LogP contribution is 2.27. The highest BCUT2D eigenvalue weighted by Gasteiger charge is 2.30. The molecule has 1 saturated heterocycles. The summed E-state index contributed by atoms with van der Waals surface area (Å²) in [4.78, 5) is 18.0. The molecule has 0 unspecified atom stereocenters. The molecule has 0 aliphatic carbocycles. The Kier molecular flexibility index (Phi) is 7.42. The van der Waals surface area contributed by atoms with Gasteiger partial charge in [-0.05, 0) is 31.4 Å². The van der Waals surface area contributed by atoms with E-state index in [2.05, 4.69) is 44.3 Å². The van der Waals surface area contributed by atoms with Crippen LogP contribution in [0.15, 0.2) is 54.6 Å². The molecule has 1 aliphatic rings. The van der Waals surface area contributed by atoms with Gasteiger partial charge in [0.15, 0.2) is 11.5 Å². The number of piperidine rings is 1. The molecule has 7 heteroatoms. The number of Topliss-reactive ketones (excluding diaryl/α,β-unsaturated/α-hetero) is 1. The Labute approximate surface area is 194 Å². The van der Waals surface area contributed by atoms with Gasteiger partial charge in [-0.2, -0.15) is 4.40 Å². The lowest BCUT2D eigenvalue weighted by molar-refractivity contribution is -0.920. The number of hydrogen-bond acceptors (Lipinski definition) is 1. The summed E-state index contributed by atoms with van der Waals surface area (Å²) < 4.78 is 4.47. The zero-order chi connectivity index (χ0) is 19.8. The van der Waals surface area contributed by atoms with Gasteiger partial charge in [0.05, 0.1) is 13.1 Å². The van der Waals surface area contributed by atoms with E-state index in [9.17, 15) is 4.79 Å². The van der Waals surface area contributed by atoms with E-state index in [1.165, 1.54) is 37.9 Å². The van der Waals surface area contributed by atoms with Crippen LogP contribution in [0.25, 0.3) is 28.1 Å². The molecule has 0 radical (unpaired) electrons. The standard InChI is InChI=1S/C24H26N4O.2ClH/c1-18(29)23-22(19-10-4-2-5-11-19)25-24-27(17-16-26-14-8-3-9-15-26)20-12-6-7-13-21(20)28(23)24;;/h2,4-7,10-13H,3,8-9,14-17H2,1H3;2*1H. The monoisotopic (exact) mass is 458 g/mol. The molecule has 0 bridgehead atoms. The molecule has 3 heterocycles. The second-order valence-corrected chi connectivity index (χ2v) is 8.13. The molecule has 5 nitrogen and oxygen atoms in total. The van der Waals surface area contributed by atoms with E-state index in [0.29, 0.717) is 0 Å². The first-order chi connectivity index (χ1) is 14.2. The largest absolute Gasteiger partial charge is 1.00 e. The summed E-state index contributed by atoms with van der Waals surface area (Å²) in [5.41, 5.74) is 4.93. The minimum absolute atomic E-state index is 0. The van der Waals surface area contributed by atoms with Crippen LogP contribution in [0.5, 0.6) is 0 Å². The number of aromatic amines is 1. The molecule has 1 aliphatic heterocycles. The first kappa shape index (κ1) is 23.3. The van der Waals surface area contributed by atoms with E-state index in [1.54, 1.807) is 11.8 Å². The Balaban J connectivity index is 0.00000136. The van der Waals surface area contributed by atoms with Gasteiger partial charge in [-0.3, -0.25) is 4.79 Å². The van der Waals surface area contributed by atoms with Crippen molar-refractivity contribution < 1.29 is 39.1 Å². The summed E-state index contributed by atoms with van der Waals surface area (Å²) in [6, 6.07) is 18.6. The Morgan fingerprint density at radius 3 is 2.39 bits per heavy atom. The number of halogens is 2. The average molecular weight is 459 g/mol. The van der Waals surface area contributed by atoms with Gasteiger partial charge in [-0.25, -0.2) is 9.55 Å². The van der Waals surface area contributed by atoms with Gasteiger partial charge < -0.3 is 29.7 Å². The fourth-order valence-electron chi connectivity index (χ4n) is 4.81. The van der Waals surface area contributed by atoms with Crippen LogP contribution in [-0.2, 0) is 6.54 Å². The fourth-order valence-corrected chi connectivity index (χ4v) is 4.81. The quantitative estimate of drug-likeness (QED) is 0.238. The Morgan fingerprint density at radius 1 is 1.00 bits per heavy atom. The highest BCUT2D eigenvalue weighted by atomic mass is 35.5. The minimum Gasteiger partial charge on any atom is -1.00 e. The van der Waals surface area contributed by atoms with Crippen molar-refractivity contribution in [3.63, 3.8) is 0 Å². The van der Waals surface area contributed by atoms with E-state index in [0.717, 1.165) is 41.3 Å². The number of benzene rings is 2. The third kappa shape index (κ3) is 4.22. The molecule has 0 saturated carbocycles.